The van der Waals surface area contributed by atoms with Crippen LogP contribution in [-0.2, 0) is 14.3 Å². The molecule has 2 aliphatic heterocycles. The first-order valence-corrected chi connectivity index (χ1v) is 6.79. The Balaban J connectivity index is 2.00. The first-order chi connectivity index (χ1) is 8.57. The van der Waals surface area contributed by atoms with Crippen LogP contribution in [0.4, 0.5) is 0 Å². The Morgan fingerprint density at radius 3 is 2.17 bits per heavy atom. The Labute approximate surface area is 108 Å². The van der Waals surface area contributed by atoms with Gasteiger partial charge in [-0.1, -0.05) is 20.8 Å². The molecule has 2 aliphatic rings. The lowest BCUT2D eigenvalue weighted by Gasteiger charge is -2.21. The molecule has 1 fully saturated rings. The molecule has 0 N–H and O–H groups in total. The van der Waals surface area contributed by atoms with Crippen molar-refractivity contribution in [1.82, 2.24) is 4.90 Å². The Kier molecular flexibility index (Phi) is 3.57. The van der Waals surface area contributed by atoms with E-state index in [1.165, 1.54) is 17.1 Å². The van der Waals surface area contributed by atoms with E-state index < -0.39 is 0 Å². The van der Waals surface area contributed by atoms with E-state index in [2.05, 4.69) is 20.8 Å². The van der Waals surface area contributed by atoms with Crippen molar-refractivity contribution in [3.8, 4) is 0 Å². The molecular weight excluding hydrogens is 230 g/mol. The number of carbonyl (C=O) groups is 2. The van der Waals surface area contributed by atoms with Crippen LogP contribution in [0.3, 0.4) is 0 Å². The molecule has 2 rings (SSSR count). The lowest BCUT2D eigenvalue weighted by Crippen LogP contribution is -2.37. The second-order valence-corrected chi connectivity index (χ2v) is 5.10. The molecule has 4 nitrogen and oxygen atoms in total. The second kappa shape index (κ2) is 4.84. The molecule has 0 aromatic carbocycles. The molecule has 0 aliphatic carbocycles. The molecule has 2 amide bonds. The number of hydrogen-bond donors (Lipinski definition) is 0. The van der Waals surface area contributed by atoms with E-state index >= 15 is 0 Å². The molecule has 2 heterocycles. The Morgan fingerprint density at radius 1 is 1.22 bits per heavy atom. The largest absolute Gasteiger partial charge is 0.366 e. The molecule has 1 saturated heterocycles. The lowest BCUT2D eigenvalue weighted by molar-refractivity contribution is -0.137. The van der Waals surface area contributed by atoms with Crippen LogP contribution in [0.15, 0.2) is 12.2 Å². The van der Waals surface area contributed by atoms with Crippen LogP contribution < -0.4 is 0 Å². The number of amides is 2. The zero-order valence-electron chi connectivity index (χ0n) is 11.3. The van der Waals surface area contributed by atoms with Gasteiger partial charge in [-0.25, -0.2) is 0 Å². The summed E-state index contributed by atoms with van der Waals surface area (Å²) in [5.41, 5.74) is -0.0140. The zero-order valence-corrected chi connectivity index (χ0v) is 11.3. The molecule has 0 saturated carbocycles. The first-order valence-electron chi connectivity index (χ1n) is 6.79. The van der Waals surface area contributed by atoms with E-state index in [0.717, 1.165) is 19.3 Å². The molecule has 0 aromatic rings. The Bertz CT molecular complexity index is 367. The first kappa shape index (κ1) is 13.3. The van der Waals surface area contributed by atoms with Gasteiger partial charge in [0.05, 0.1) is 11.7 Å². The summed E-state index contributed by atoms with van der Waals surface area (Å²) in [7, 11) is 0. The van der Waals surface area contributed by atoms with E-state index in [0.29, 0.717) is 6.54 Å². The van der Waals surface area contributed by atoms with Crippen molar-refractivity contribution in [1.29, 1.82) is 0 Å². The van der Waals surface area contributed by atoms with Gasteiger partial charge < -0.3 is 4.74 Å². The van der Waals surface area contributed by atoms with E-state index in [-0.39, 0.29) is 29.4 Å². The molecule has 0 radical (unpaired) electrons. The fraction of sp³-hybridized carbons (Fsp3) is 0.714. The number of epoxide rings is 1. The van der Waals surface area contributed by atoms with Crippen LogP contribution in [0, 0.1) is 5.92 Å². The average Bonchev–Trinajstić information content (AvgIpc) is 3.04. The standard InChI is InChI=1S/C14H21NO3/c1-4-10(13-14(5-2,6-3)18-13)9-15-11(16)7-8-12(15)17/h7-8,10,13H,4-6,9H2,1-3H3. The van der Waals surface area contributed by atoms with Gasteiger partial charge in [-0.2, -0.15) is 0 Å². The van der Waals surface area contributed by atoms with Crippen molar-refractivity contribution >= 4 is 11.8 Å². The lowest BCUT2D eigenvalue weighted by atomic mass is 9.89. The summed E-state index contributed by atoms with van der Waals surface area (Å²) in [6, 6.07) is 0. The van der Waals surface area contributed by atoms with Crippen LogP contribution >= 0.6 is 0 Å². The Hall–Kier alpha value is -1.16. The smallest absolute Gasteiger partial charge is 0.253 e. The van der Waals surface area contributed by atoms with Gasteiger partial charge in [-0.05, 0) is 19.3 Å². The van der Waals surface area contributed by atoms with Gasteiger partial charge in [0.2, 0.25) is 0 Å². The summed E-state index contributed by atoms with van der Waals surface area (Å²) in [5.74, 6) is -0.145. The highest BCUT2D eigenvalue weighted by atomic mass is 16.6. The molecule has 18 heavy (non-hydrogen) atoms. The van der Waals surface area contributed by atoms with Gasteiger partial charge in [-0.15, -0.1) is 0 Å². The summed E-state index contributed by atoms with van der Waals surface area (Å²) >= 11 is 0. The average molecular weight is 251 g/mol. The highest BCUT2D eigenvalue weighted by molar-refractivity contribution is 6.12. The number of ether oxygens (including phenoxy) is 1. The monoisotopic (exact) mass is 251 g/mol. The SMILES string of the molecule is CCC(CN1C(=O)C=CC1=O)C1OC1(CC)CC. The number of imide groups is 1. The van der Waals surface area contributed by atoms with Crippen LogP contribution in [0.1, 0.15) is 40.0 Å². The van der Waals surface area contributed by atoms with Crippen molar-refractivity contribution in [3.63, 3.8) is 0 Å². The summed E-state index contributed by atoms with van der Waals surface area (Å²) < 4.78 is 5.87. The highest BCUT2D eigenvalue weighted by Crippen LogP contribution is 2.47. The predicted molar refractivity (Wildman–Crippen MR) is 67.8 cm³/mol. The minimum absolute atomic E-state index is 0.0140. The number of hydrogen-bond acceptors (Lipinski definition) is 3. The maximum absolute atomic E-state index is 11.6. The molecule has 4 heteroatoms. The van der Waals surface area contributed by atoms with E-state index in [9.17, 15) is 9.59 Å². The molecule has 2 unspecified atom stereocenters. The van der Waals surface area contributed by atoms with Gasteiger partial charge in [0.15, 0.2) is 0 Å². The third-order valence-corrected chi connectivity index (χ3v) is 4.29. The number of carbonyl (C=O) groups excluding carboxylic acids is 2. The van der Waals surface area contributed by atoms with Crippen molar-refractivity contribution in [2.45, 2.75) is 51.7 Å². The topological polar surface area (TPSA) is 49.9 Å². The Morgan fingerprint density at radius 2 is 1.78 bits per heavy atom. The molecule has 2 atom stereocenters. The molecule has 0 aromatic heterocycles. The highest BCUT2D eigenvalue weighted by Gasteiger charge is 2.56. The summed E-state index contributed by atoms with van der Waals surface area (Å²) in [6.45, 7) is 6.82. The minimum atomic E-state index is -0.197. The maximum Gasteiger partial charge on any atom is 0.253 e. The van der Waals surface area contributed by atoms with Crippen molar-refractivity contribution in [2.24, 2.45) is 5.92 Å². The molecule has 0 bridgehead atoms. The van der Waals surface area contributed by atoms with E-state index in [1.54, 1.807) is 0 Å². The van der Waals surface area contributed by atoms with Crippen LogP contribution in [-0.4, -0.2) is 35.0 Å². The van der Waals surface area contributed by atoms with Gasteiger partial charge in [0, 0.05) is 24.6 Å². The quantitative estimate of drug-likeness (QED) is 0.535. The third kappa shape index (κ3) is 2.09. The number of nitrogens with zero attached hydrogens (tertiary/aromatic N) is 1. The fourth-order valence-electron chi connectivity index (χ4n) is 2.85. The van der Waals surface area contributed by atoms with Crippen molar-refractivity contribution in [3.05, 3.63) is 12.2 Å². The van der Waals surface area contributed by atoms with Crippen LogP contribution in [0.2, 0.25) is 0 Å². The van der Waals surface area contributed by atoms with Crippen LogP contribution in [0.25, 0.3) is 0 Å². The van der Waals surface area contributed by atoms with Gasteiger partial charge in [0.25, 0.3) is 11.8 Å². The minimum Gasteiger partial charge on any atom is -0.366 e. The van der Waals surface area contributed by atoms with Gasteiger partial charge in [-0.3, -0.25) is 14.5 Å². The molecule has 0 spiro atoms. The second-order valence-electron chi connectivity index (χ2n) is 5.10. The van der Waals surface area contributed by atoms with E-state index in [1.807, 2.05) is 0 Å². The van der Waals surface area contributed by atoms with Gasteiger partial charge >= 0.3 is 0 Å². The third-order valence-electron chi connectivity index (χ3n) is 4.29. The van der Waals surface area contributed by atoms with Crippen LogP contribution in [0.5, 0.6) is 0 Å². The number of rotatable bonds is 6. The van der Waals surface area contributed by atoms with Crippen molar-refractivity contribution < 1.29 is 14.3 Å². The summed E-state index contributed by atoms with van der Waals surface area (Å²) in [4.78, 5) is 24.4. The molecular formula is C14H21NO3. The molecule has 100 valence electrons. The van der Waals surface area contributed by atoms with Gasteiger partial charge in [0.1, 0.15) is 0 Å². The summed E-state index contributed by atoms with van der Waals surface area (Å²) in [5, 5.41) is 0. The van der Waals surface area contributed by atoms with Crippen molar-refractivity contribution in [2.75, 3.05) is 6.54 Å². The summed E-state index contributed by atoms with van der Waals surface area (Å²) in [6.07, 6.45) is 5.78. The van der Waals surface area contributed by atoms with E-state index in [4.69, 9.17) is 4.74 Å². The normalized spacial score (nSPS) is 26.8. The zero-order chi connectivity index (χ0) is 13.3. The maximum atomic E-state index is 11.6. The fourth-order valence-corrected chi connectivity index (χ4v) is 2.85. The predicted octanol–water partition coefficient (Wildman–Crippen LogP) is 1.90.